The summed E-state index contributed by atoms with van der Waals surface area (Å²) in [5.41, 5.74) is 22.0. The first-order valence-corrected chi connectivity index (χ1v) is 25.8. The summed E-state index contributed by atoms with van der Waals surface area (Å²) in [4.78, 5) is 0. The first kappa shape index (κ1) is 42.7. The molecule has 0 fully saturated rings. The van der Waals surface area contributed by atoms with Crippen molar-refractivity contribution in [3.8, 4) is 72.7 Å². The van der Waals surface area contributed by atoms with Crippen LogP contribution >= 0.6 is 0 Å². The standard InChI is InChI=1S/C72H47N3/c1-5-20-48(21-6-1)52-36-40-66-59(44-52)60-45-53(49-22-7-2-8-23-49)37-41-67(60)74(66)70-34-19-35-71(72(70)58-30-15-18-33-65(58)73-63-31-16-13-28-56(63)57-29-14-17-32-64(57)73)75-68-42-38-54(50-24-9-3-10-25-50)46-61(68)62-47-55(39-43-69(62)75)51-26-11-4-12-27-51/h1-47H. The quantitative estimate of drug-likeness (QED) is 0.144. The number of aromatic nitrogens is 3. The lowest BCUT2D eigenvalue weighted by atomic mass is 9.98. The van der Waals surface area contributed by atoms with Crippen molar-refractivity contribution in [1.82, 2.24) is 13.7 Å². The molecule has 15 rings (SSSR count). The van der Waals surface area contributed by atoms with E-state index >= 15 is 0 Å². The van der Waals surface area contributed by atoms with Crippen molar-refractivity contribution in [2.75, 3.05) is 0 Å². The van der Waals surface area contributed by atoms with Crippen molar-refractivity contribution < 1.29 is 0 Å². The van der Waals surface area contributed by atoms with Crippen LogP contribution in [0.3, 0.4) is 0 Å². The molecule has 0 atom stereocenters. The molecule has 0 amide bonds. The fraction of sp³-hybridized carbons (Fsp3) is 0. The van der Waals surface area contributed by atoms with Crippen molar-refractivity contribution in [1.29, 1.82) is 0 Å². The largest absolute Gasteiger partial charge is 0.309 e. The lowest BCUT2D eigenvalue weighted by Crippen LogP contribution is -2.06. The van der Waals surface area contributed by atoms with Crippen LogP contribution in [0.5, 0.6) is 0 Å². The Labute approximate surface area is 434 Å². The van der Waals surface area contributed by atoms with Gasteiger partial charge >= 0.3 is 0 Å². The van der Waals surface area contributed by atoms with Crippen molar-refractivity contribution in [3.63, 3.8) is 0 Å². The maximum Gasteiger partial charge on any atom is 0.0562 e. The predicted molar refractivity (Wildman–Crippen MR) is 317 cm³/mol. The second-order valence-corrected chi connectivity index (χ2v) is 19.6. The Morgan fingerprint density at radius 1 is 0.173 bits per heavy atom. The molecule has 3 nitrogen and oxygen atoms in total. The van der Waals surface area contributed by atoms with Gasteiger partial charge in [-0.25, -0.2) is 0 Å². The summed E-state index contributed by atoms with van der Waals surface area (Å²) < 4.78 is 7.55. The minimum Gasteiger partial charge on any atom is -0.309 e. The molecule has 75 heavy (non-hydrogen) atoms. The van der Waals surface area contributed by atoms with Crippen LogP contribution in [0.2, 0.25) is 0 Å². The molecular formula is C72H47N3. The van der Waals surface area contributed by atoms with Gasteiger partial charge in [-0.15, -0.1) is 0 Å². The van der Waals surface area contributed by atoms with Crippen LogP contribution in [-0.4, -0.2) is 13.7 Å². The van der Waals surface area contributed by atoms with Gasteiger partial charge in [0.2, 0.25) is 0 Å². The van der Waals surface area contributed by atoms with Crippen LogP contribution in [0.4, 0.5) is 0 Å². The van der Waals surface area contributed by atoms with E-state index in [1.54, 1.807) is 0 Å². The van der Waals surface area contributed by atoms with Gasteiger partial charge in [-0.3, -0.25) is 0 Å². The van der Waals surface area contributed by atoms with E-state index in [2.05, 4.69) is 299 Å². The van der Waals surface area contributed by atoms with Crippen molar-refractivity contribution >= 4 is 65.4 Å². The third kappa shape index (κ3) is 6.90. The fourth-order valence-corrected chi connectivity index (χ4v) is 12.0. The molecule has 0 saturated carbocycles. The molecule has 0 unspecified atom stereocenters. The molecule has 12 aromatic carbocycles. The average molecular weight is 954 g/mol. The summed E-state index contributed by atoms with van der Waals surface area (Å²) in [6.07, 6.45) is 0. The minimum absolute atomic E-state index is 1.09. The fourth-order valence-electron chi connectivity index (χ4n) is 12.0. The Kier molecular flexibility index (Phi) is 9.89. The summed E-state index contributed by atoms with van der Waals surface area (Å²) >= 11 is 0. The van der Waals surface area contributed by atoms with Gasteiger partial charge in [-0.1, -0.05) is 206 Å². The van der Waals surface area contributed by atoms with Crippen LogP contribution in [0.15, 0.2) is 285 Å². The average Bonchev–Trinajstić information content (AvgIpc) is 4.20. The lowest BCUT2D eigenvalue weighted by molar-refractivity contribution is 1.13. The molecule has 15 aromatic rings. The smallest absolute Gasteiger partial charge is 0.0562 e. The Morgan fingerprint density at radius 2 is 0.453 bits per heavy atom. The zero-order chi connectivity index (χ0) is 49.4. The summed E-state index contributed by atoms with van der Waals surface area (Å²) in [6.45, 7) is 0. The maximum atomic E-state index is 2.53. The molecule has 3 aromatic heterocycles. The van der Waals surface area contributed by atoms with Crippen LogP contribution < -0.4 is 0 Å². The molecule has 3 heteroatoms. The topological polar surface area (TPSA) is 14.8 Å². The molecule has 0 aliphatic rings. The molecule has 3 heterocycles. The predicted octanol–water partition coefficient (Wildman–Crippen LogP) is 19.3. The summed E-state index contributed by atoms with van der Waals surface area (Å²) in [5.74, 6) is 0. The zero-order valence-electron chi connectivity index (χ0n) is 41.0. The first-order chi connectivity index (χ1) is 37.2. The molecular weight excluding hydrogens is 907 g/mol. The van der Waals surface area contributed by atoms with Crippen LogP contribution in [0.1, 0.15) is 0 Å². The highest BCUT2D eigenvalue weighted by Gasteiger charge is 2.26. The number of fused-ring (bicyclic) bond motifs is 9. The molecule has 350 valence electrons. The molecule has 0 aliphatic carbocycles. The SMILES string of the molecule is c1ccc(-c2ccc3c(c2)c2cc(-c4ccccc4)ccc2n3-c2cccc(-n3c4ccc(-c5ccccc5)cc4c4cc(-c5ccccc5)ccc43)c2-c2ccccc2-n2c3ccccc3c3ccccc32)cc1. The van der Waals surface area contributed by atoms with Crippen LogP contribution in [0, 0.1) is 0 Å². The zero-order valence-corrected chi connectivity index (χ0v) is 41.0. The summed E-state index contributed by atoms with van der Waals surface area (Å²) in [5, 5.41) is 7.27. The lowest BCUT2D eigenvalue weighted by Gasteiger charge is -2.23. The molecule has 0 spiro atoms. The third-order valence-electron chi connectivity index (χ3n) is 15.5. The second kappa shape index (κ2) is 17.4. The van der Waals surface area contributed by atoms with Gasteiger partial charge in [0.1, 0.15) is 0 Å². The van der Waals surface area contributed by atoms with E-state index in [0.717, 1.165) is 50.3 Å². The first-order valence-electron chi connectivity index (χ1n) is 25.8. The van der Waals surface area contributed by atoms with E-state index in [-0.39, 0.29) is 0 Å². The van der Waals surface area contributed by atoms with E-state index in [1.165, 1.54) is 87.9 Å². The molecule has 0 aliphatic heterocycles. The van der Waals surface area contributed by atoms with Crippen LogP contribution in [-0.2, 0) is 0 Å². The van der Waals surface area contributed by atoms with Gasteiger partial charge in [0.25, 0.3) is 0 Å². The Morgan fingerprint density at radius 3 is 0.827 bits per heavy atom. The van der Waals surface area contributed by atoms with E-state index in [9.17, 15) is 0 Å². The van der Waals surface area contributed by atoms with Gasteiger partial charge in [0.15, 0.2) is 0 Å². The Balaban J connectivity index is 1.08. The normalized spacial score (nSPS) is 11.7. The van der Waals surface area contributed by atoms with Gasteiger partial charge in [-0.05, 0) is 123 Å². The Hall–Kier alpha value is -9.96. The third-order valence-corrected chi connectivity index (χ3v) is 15.5. The van der Waals surface area contributed by atoms with Crippen LogP contribution in [0.25, 0.3) is 138 Å². The Bertz CT molecular complexity index is 4210. The van der Waals surface area contributed by atoms with Gasteiger partial charge in [-0.2, -0.15) is 0 Å². The molecule has 0 N–H and O–H groups in total. The van der Waals surface area contributed by atoms with Crippen molar-refractivity contribution in [2.24, 2.45) is 0 Å². The minimum atomic E-state index is 1.09. The van der Waals surface area contributed by atoms with Gasteiger partial charge in [0, 0.05) is 43.4 Å². The monoisotopic (exact) mass is 953 g/mol. The number of nitrogens with zero attached hydrogens (tertiary/aromatic N) is 3. The maximum absolute atomic E-state index is 2.53. The van der Waals surface area contributed by atoms with Gasteiger partial charge < -0.3 is 13.7 Å². The number of benzene rings is 12. The molecule has 0 bridgehead atoms. The van der Waals surface area contributed by atoms with Crippen molar-refractivity contribution in [2.45, 2.75) is 0 Å². The van der Waals surface area contributed by atoms with E-state index in [1.807, 2.05) is 0 Å². The highest BCUT2D eigenvalue weighted by molar-refractivity contribution is 6.15. The summed E-state index contributed by atoms with van der Waals surface area (Å²) in [6, 6.07) is 105. The molecule has 0 saturated heterocycles. The molecule has 0 radical (unpaired) electrons. The highest BCUT2D eigenvalue weighted by atomic mass is 15.0. The number of rotatable bonds is 8. The van der Waals surface area contributed by atoms with E-state index in [4.69, 9.17) is 0 Å². The highest BCUT2D eigenvalue weighted by Crippen LogP contribution is 2.47. The number of hydrogen-bond acceptors (Lipinski definition) is 0. The second-order valence-electron chi connectivity index (χ2n) is 19.6. The van der Waals surface area contributed by atoms with Crippen molar-refractivity contribution in [3.05, 3.63) is 285 Å². The van der Waals surface area contributed by atoms with E-state index in [0.29, 0.717) is 0 Å². The number of para-hydroxylation sites is 3. The van der Waals surface area contributed by atoms with E-state index < -0.39 is 0 Å². The van der Waals surface area contributed by atoms with Gasteiger partial charge in [0.05, 0.1) is 50.2 Å². The summed E-state index contributed by atoms with van der Waals surface area (Å²) in [7, 11) is 0. The number of hydrogen-bond donors (Lipinski definition) is 0.